The van der Waals surface area contributed by atoms with Gasteiger partial charge in [-0.3, -0.25) is 0 Å². The van der Waals surface area contributed by atoms with Gasteiger partial charge in [-0.15, -0.1) is 22.7 Å². The number of hydrogen-bond donors (Lipinski definition) is 0. The Kier molecular flexibility index (Phi) is 2.58. The van der Waals surface area contributed by atoms with Gasteiger partial charge >= 0.3 is 0 Å². The van der Waals surface area contributed by atoms with E-state index in [1.165, 1.54) is 14.0 Å². The summed E-state index contributed by atoms with van der Waals surface area (Å²) in [6, 6.07) is 0. The van der Waals surface area contributed by atoms with Crippen molar-refractivity contribution in [3.8, 4) is 0 Å². The molecule has 0 aliphatic rings. The fourth-order valence-corrected chi connectivity index (χ4v) is 3.33. The molecule has 0 spiro atoms. The summed E-state index contributed by atoms with van der Waals surface area (Å²) in [4.78, 5) is 9.07. The van der Waals surface area contributed by atoms with E-state index >= 15 is 0 Å². The largest absolute Gasteiger partial charge is 0.220 e. The minimum atomic E-state index is 0.517. The lowest BCUT2D eigenvalue weighted by Gasteiger charge is -1.97. The monoisotopic (exact) mass is 226 g/mol. The fraction of sp³-hybridized carbons (Fsp3) is 0.600. The molecule has 2 rings (SSSR count). The Morgan fingerprint density at radius 3 is 1.57 bits per heavy atom. The van der Waals surface area contributed by atoms with Crippen LogP contribution in [0.5, 0.6) is 0 Å². The van der Waals surface area contributed by atoms with Gasteiger partial charge in [0.25, 0.3) is 0 Å². The zero-order chi connectivity index (χ0) is 10.3. The third kappa shape index (κ3) is 1.68. The quantitative estimate of drug-likeness (QED) is 0.773. The van der Waals surface area contributed by atoms with Gasteiger partial charge in [0, 0.05) is 11.8 Å². The normalized spacial score (nSPS) is 12.1. The molecule has 4 heteroatoms. The fourth-order valence-electron chi connectivity index (χ4n) is 1.17. The molecule has 0 aliphatic heterocycles. The molecule has 14 heavy (non-hydrogen) atoms. The van der Waals surface area contributed by atoms with E-state index in [4.69, 9.17) is 0 Å². The Morgan fingerprint density at radius 2 is 1.29 bits per heavy atom. The summed E-state index contributed by atoms with van der Waals surface area (Å²) in [5.41, 5.74) is 0.951. The van der Waals surface area contributed by atoms with Gasteiger partial charge in [-0.1, -0.05) is 27.7 Å². The predicted octanol–water partition coefficient (Wildman–Crippen LogP) is 4.00. The molecule has 2 nitrogen and oxygen atoms in total. The smallest absolute Gasteiger partial charge is 0.182 e. The van der Waals surface area contributed by atoms with Crippen LogP contribution in [-0.4, -0.2) is 9.97 Å². The van der Waals surface area contributed by atoms with Crippen LogP contribution in [-0.2, 0) is 0 Å². The molecule has 0 bridgehead atoms. The van der Waals surface area contributed by atoms with Gasteiger partial charge < -0.3 is 0 Å². The van der Waals surface area contributed by atoms with Gasteiger partial charge in [-0.25, -0.2) is 9.97 Å². The van der Waals surface area contributed by atoms with Crippen molar-refractivity contribution in [3.63, 3.8) is 0 Å². The minimum absolute atomic E-state index is 0.517. The van der Waals surface area contributed by atoms with Gasteiger partial charge in [0.15, 0.2) is 5.65 Å². The van der Waals surface area contributed by atoms with Crippen LogP contribution in [0.15, 0.2) is 0 Å². The molecular weight excluding hydrogens is 212 g/mol. The highest BCUT2D eigenvalue weighted by Gasteiger charge is 2.13. The van der Waals surface area contributed by atoms with Gasteiger partial charge in [0.1, 0.15) is 4.01 Å². The molecule has 0 radical (unpaired) electrons. The Hall–Kier alpha value is -0.480. The maximum atomic E-state index is 4.53. The van der Waals surface area contributed by atoms with E-state index in [-0.39, 0.29) is 0 Å². The molecule has 0 amide bonds. The van der Waals surface area contributed by atoms with Gasteiger partial charge in [0.2, 0.25) is 0 Å². The molecule has 2 aromatic heterocycles. The van der Waals surface area contributed by atoms with Crippen LogP contribution in [0.4, 0.5) is 0 Å². The number of rotatable bonds is 2. The Balaban J connectivity index is 2.45. The van der Waals surface area contributed by atoms with E-state index in [1.54, 1.807) is 22.7 Å². The van der Waals surface area contributed by atoms with Gasteiger partial charge in [0.05, 0.1) is 10.0 Å². The van der Waals surface area contributed by atoms with Crippen LogP contribution in [0, 0.1) is 0 Å². The molecule has 0 aliphatic carbocycles. The van der Waals surface area contributed by atoms with E-state index in [2.05, 4.69) is 37.7 Å². The van der Waals surface area contributed by atoms with E-state index in [0.29, 0.717) is 11.8 Å². The van der Waals surface area contributed by atoms with Crippen molar-refractivity contribution in [1.82, 2.24) is 9.97 Å². The summed E-state index contributed by atoms with van der Waals surface area (Å²) in [7, 11) is 0. The van der Waals surface area contributed by atoms with Crippen molar-refractivity contribution in [1.29, 1.82) is 0 Å². The second kappa shape index (κ2) is 3.59. The second-order valence-corrected chi connectivity index (χ2v) is 6.34. The summed E-state index contributed by atoms with van der Waals surface area (Å²) in [6.07, 6.45) is 0. The summed E-state index contributed by atoms with van der Waals surface area (Å²) < 4.78 is 1.28. The van der Waals surface area contributed by atoms with Gasteiger partial charge in [-0.05, 0) is 0 Å². The lowest BCUT2D eigenvalue weighted by molar-refractivity contribution is 0.844. The maximum Gasteiger partial charge on any atom is 0.182 e. The summed E-state index contributed by atoms with van der Waals surface area (Å²) in [6.45, 7) is 8.69. The Labute approximate surface area is 92.0 Å². The van der Waals surface area contributed by atoms with Crippen LogP contribution < -0.4 is 0 Å². The second-order valence-electron chi connectivity index (χ2n) is 4.02. The van der Waals surface area contributed by atoms with Crippen molar-refractivity contribution < 1.29 is 0 Å². The molecule has 76 valence electrons. The standard InChI is InChI=1S/C10H14N2S2/c1-5(2)8-11-7-10(13-8)14-9(12-7)6(3)4/h5-6H,1-4H3. The van der Waals surface area contributed by atoms with E-state index in [1.807, 2.05) is 0 Å². The third-order valence-electron chi connectivity index (χ3n) is 2.00. The first-order valence-electron chi connectivity index (χ1n) is 4.85. The molecule has 0 atom stereocenters. The van der Waals surface area contributed by atoms with Crippen LogP contribution in [0.1, 0.15) is 49.5 Å². The molecule has 2 aromatic rings. The molecule has 0 fully saturated rings. The SMILES string of the molecule is CC(C)c1nc2nc(C(C)C)sc2s1. The van der Waals surface area contributed by atoms with Crippen LogP contribution in [0.2, 0.25) is 0 Å². The van der Waals surface area contributed by atoms with Crippen LogP contribution >= 0.6 is 22.7 Å². The first kappa shape index (κ1) is 10.1. The highest BCUT2D eigenvalue weighted by atomic mass is 32.2. The number of thiazole rings is 2. The van der Waals surface area contributed by atoms with Crippen molar-refractivity contribution in [2.45, 2.75) is 39.5 Å². The van der Waals surface area contributed by atoms with Crippen LogP contribution in [0.3, 0.4) is 0 Å². The zero-order valence-electron chi connectivity index (χ0n) is 8.87. The first-order valence-corrected chi connectivity index (χ1v) is 6.48. The minimum Gasteiger partial charge on any atom is -0.220 e. The zero-order valence-corrected chi connectivity index (χ0v) is 10.5. The molecule has 0 N–H and O–H groups in total. The summed E-state index contributed by atoms with van der Waals surface area (Å²) >= 11 is 3.58. The Bertz CT molecular complexity index is 371. The molecule has 0 saturated heterocycles. The van der Waals surface area contributed by atoms with Crippen molar-refractivity contribution in [2.24, 2.45) is 0 Å². The molecular formula is C10H14N2S2. The first-order chi connectivity index (χ1) is 6.58. The van der Waals surface area contributed by atoms with Crippen molar-refractivity contribution in [2.75, 3.05) is 0 Å². The number of aromatic nitrogens is 2. The molecule has 0 saturated carbocycles. The average molecular weight is 226 g/mol. The number of hydrogen-bond acceptors (Lipinski definition) is 4. The lowest BCUT2D eigenvalue weighted by atomic mass is 10.2. The van der Waals surface area contributed by atoms with E-state index < -0.39 is 0 Å². The van der Waals surface area contributed by atoms with E-state index in [0.717, 1.165) is 5.65 Å². The van der Waals surface area contributed by atoms with E-state index in [9.17, 15) is 0 Å². The topological polar surface area (TPSA) is 25.8 Å². The highest BCUT2D eigenvalue weighted by Crippen LogP contribution is 2.33. The van der Waals surface area contributed by atoms with Gasteiger partial charge in [-0.2, -0.15) is 0 Å². The number of nitrogens with zero attached hydrogens (tertiary/aromatic N) is 2. The highest BCUT2D eigenvalue weighted by molar-refractivity contribution is 7.37. The molecule has 0 unspecified atom stereocenters. The average Bonchev–Trinajstić information content (AvgIpc) is 2.57. The third-order valence-corrected chi connectivity index (χ3v) is 4.78. The van der Waals surface area contributed by atoms with Crippen molar-refractivity contribution in [3.05, 3.63) is 10.0 Å². The van der Waals surface area contributed by atoms with Crippen molar-refractivity contribution >= 4 is 32.3 Å². The lowest BCUT2D eigenvalue weighted by Crippen LogP contribution is -1.86. The number of fused-ring (bicyclic) bond motifs is 1. The Morgan fingerprint density at radius 1 is 0.857 bits per heavy atom. The van der Waals surface area contributed by atoms with Crippen LogP contribution in [0.25, 0.3) is 9.66 Å². The predicted molar refractivity (Wildman–Crippen MR) is 63.5 cm³/mol. The summed E-state index contributed by atoms with van der Waals surface area (Å²) in [5.74, 6) is 1.03. The summed E-state index contributed by atoms with van der Waals surface area (Å²) in [5, 5.41) is 2.41. The molecule has 0 aromatic carbocycles. The maximum absolute atomic E-state index is 4.53. The molecule has 2 heterocycles.